The smallest absolute Gasteiger partial charge is 0.414 e. The van der Waals surface area contributed by atoms with Crippen LogP contribution in [0.3, 0.4) is 0 Å². The molecule has 0 saturated carbocycles. The van der Waals surface area contributed by atoms with E-state index in [1.54, 1.807) is 0 Å². The van der Waals surface area contributed by atoms with Gasteiger partial charge in [0.15, 0.2) is 0 Å². The minimum atomic E-state index is -1.82. The number of aliphatic carboxylic acids is 2. The summed E-state index contributed by atoms with van der Waals surface area (Å²) in [6.45, 7) is 0. The highest BCUT2D eigenvalue weighted by molar-refractivity contribution is 7.59. The molecule has 0 radical (unpaired) electrons. The van der Waals surface area contributed by atoms with Gasteiger partial charge in [-0.25, -0.2) is 9.59 Å². The van der Waals surface area contributed by atoms with E-state index >= 15 is 0 Å². The summed E-state index contributed by atoms with van der Waals surface area (Å²) in [5, 5.41) is 14.8. The van der Waals surface area contributed by atoms with Crippen molar-refractivity contribution in [3.8, 4) is 0 Å². The number of carboxylic acids is 2. The molecule has 0 bridgehead atoms. The molecule has 8 heavy (non-hydrogen) atoms. The van der Waals surface area contributed by atoms with Crippen LogP contribution in [0.15, 0.2) is 0 Å². The van der Waals surface area contributed by atoms with E-state index in [9.17, 15) is 0 Å². The fraction of sp³-hybridized carbons (Fsp3) is 0. The average Bonchev–Trinajstić information content (AvgIpc) is 1.36. The van der Waals surface area contributed by atoms with Gasteiger partial charge in [-0.3, -0.25) is 0 Å². The van der Waals surface area contributed by atoms with Gasteiger partial charge in [-0.2, -0.15) is 27.0 Å². The highest BCUT2D eigenvalue weighted by atomic mass is 32.1. The van der Waals surface area contributed by atoms with Gasteiger partial charge in [0.25, 0.3) is 0 Å². The second-order valence-corrected chi connectivity index (χ2v) is 0.610. The Morgan fingerprint density at radius 2 is 1.00 bits per heavy atom. The van der Waals surface area contributed by atoms with Gasteiger partial charge in [0.05, 0.1) is 0 Å². The zero-order valence-electron chi connectivity index (χ0n) is 3.71. The van der Waals surface area contributed by atoms with Gasteiger partial charge in [0, 0.05) is 0 Å². The summed E-state index contributed by atoms with van der Waals surface area (Å²) < 4.78 is 0. The molecule has 0 rings (SSSR count). The third kappa shape index (κ3) is 9.16. The normalized spacial score (nSPS) is 5.50. The molecule has 0 atom stereocenters. The van der Waals surface area contributed by atoms with Gasteiger partial charge in [-0.05, 0) is 0 Å². The van der Waals surface area contributed by atoms with Crippen LogP contribution in [0, 0.1) is 0 Å². The largest absolute Gasteiger partial charge is 0.473 e. The number of hydrogen-bond donors (Lipinski definition) is 2. The molecule has 4 nitrogen and oxygen atoms in total. The van der Waals surface area contributed by atoms with E-state index in [1.807, 2.05) is 0 Å². The quantitative estimate of drug-likeness (QED) is 0.461. The zero-order valence-corrected chi connectivity index (χ0v) is 5.71. The fourth-order valence-electron chi connectivity index (χ4n) is 0. The molecule has 50 valence electrons. The van der Waals surface area contributed by atoms with E-state index in [1.165, 1.54) is 0 Å². The van der Waals surface area contributed by atoms with Crippen molar-refractivity contribution >= 4 is 38.9 Å². The Hall–Kier alpha value is -0.360. The van der Waals surface area contributed by atoms with Crippen molar-refractivity contribution in [3.63, 3.8) is 0 Å². The fourth-order valence-corrected chi connectivity index (χ4v) is 0. The third-order valence-electron chi connectivity index (χ3n) is 0.183. The van der Waals surface area contributed by atoms with Crippen molar-refractivity contribution in [2.45, 2.75) is 0 Å². The summed E-state index contributed by atoms with van der Waals surface area (Å²) in [6.07, 6.45) is 0. The van der Waals surface area contributed by atoms with Gasteiger partial charge in [0.2, 0.25) is 0 Å². The predicted octanol–water partition coefficient (Wildman–Crippen LogP) is -0.619. The zero-order chi connectivity index (χ0) is 5.15. The Morgan fingerprint density at radius 1 is 0.875 bits per heavy atom. The SMILES string of the molecule is O=C(O)C(=O)O.S.S. The average molecular weight is 158 g/mol. The van der Waals surface area contributed by atoms with Crippen LogP contribution >= 0.6 is 27.0 Å². The van der Waals surface area contributed by atoms with Crippen LogP contribution in [0.25, 0.3) is 0 Å². The maximum Gasteiger partial charge on any atom is 0.414 e. The Morgan fingerprint density at radius 3 is 1.00 bits per heavy atom. The highest BCUT2D eigenvalue weighted by Crippen LogP contribution is 1.56. The maximum absolute atomic E-state index is 9.10. The first-order chi connectivity index (χ1) is 2.64. The van der Waals surface area contributed by atoms with Gasteiger partial charge in [0.1, 0.15) is 0 Å². The molecule has 0 fully saturated rings. The highest BCUT2D eigenvalue weighted by Gasteiger charge is 2.04. The van der Waals surface area contributed by atoms with E-state index < -0.39 is 11.9 Å². The first-order valence-electron chi connectivity index (χ1n) is 1.11. The lowest BCUT2D eigenvalue weighted by Gasteiger charge is -1.72. The van der Waals surface area contributed by atoms with E-state index in [-0.39, 0.29) is 27.0 Å². The minimum Gasteiger partial charge on any atom is -0.473 e. The van der Waals surface area contributed by atoms with Crippen LogP contribution in [0.4, 0.5) is 0 Å². The van der Waals surface area contributed by atoms with Crippen molar-refractivity contribution in [3.05, 3.63) is 0 Å². The van der Waals surface area contributed by atoms with Crippen LogP contribution in [0.1, 0.15) is 0 Å². The standard InChI is InChI=1S/C2H2O4.2H2S/c3-1(4)2(5)6;;/h(H,3,4)(H,5,6);2*1H2. The van der Waals surface area contributed by atoms with Crippen molar-refractivity contribution in [1.82, 2.24) is 0 Å². The molecule has 0 spiro atoms. The molecule has 0 heterocycles. The number of carboxylic acid groups (broad SMARTS) is 2. The maximum atomic E-state index is 9.10. The van der Waals surface area contributed by atoms with Gasteiger partial charge in [-0.1, -0.05) is 0 Å². The van der Waals surface area contributed by atoms with Gasteiger partial charge < -0.3 is 10.2 Å². The summed E-state index contributed by atoms with van der Waals surface area (Å²) in [6, 6.07) is 0. The summed E-state index contributed by atoms with van der Waals surface area (Å²) in [7, 11) is 0. The number of rotatable bonds is 0. The third-order valence-corrected chi connectivity index (χ3v) is 0.183. The summed E-state index contributed by atoms with van der Waals surface area (Å²) in [4.78, 5) is 18.2. The molecule has 6 heteroatoms. The molecular formula is C2H6O4S2. The molecule has 0 unspecified atom stereocenters. The Bertz CT molecular complexity index is 78.0. The topological polar surface area (TPSA) is 74.6 Å². The molecule has 0 aliphatic carbocycles. The van der Waals surface area contributed by atoms with Crippen molar-refractivity contribution in [2.24, 2.45) is 0 Å². The van der Waals surface area contributed by atoms with Crippen LogP contribution in [-0.4, -0.2) is 22.2 Å². The first-order valence-corrected chi connectivity index (χ1v) is 1.11. The van der Waals surface area contributed by atoms with Crippen molar-refractivity contribution in [2.75, 3.05) is 0 Å². The number of carbonyl (C=O) groups is 2. The van der Waals surface area contributed by atoms with Gasteiger partial charge >= 0.3 is 11.9 Å². The summed E-state index contributed by atoms with van der Waals surface area (Å²) in [5.41, 5.74) is 0. The molecule has 0 saturated heterocycles. The molecule has 0 aromatic rings. The Labute approximate surface area is 59.4 Å². The van der Waals surface area contributed by atoms with Crippen LogP contribution < -0.4 is 0 Å². The Kier molecular flexibility index (Phi) is 13.0. The summed E-state index contributed by atoms with van der Waals surface area (Å²) in [5.74, 6) is -3.65. The minimum absolute atomic E-state index is 0. The second kappa shape index (κ2) is 6.64. The summed E-state index contributed by atoms with van der Waals surface area (Å²) >= 11 is 0. The van der Waals surface area contributed by atoms with E-state index in [2.05, 4.69) is 0 Å². The molecular weight excluding hydrogens is 152 g/mol. The lowest BCUT2D eigenvalue weighted by molar-refractivity contribution is -0.159. The Balaban J connectivity index is -0.000000125. The van der Waals surface area contributed by atoms with E-state index in [0.29, 0.717) is 0 Å². The second-order valence-electron chi connectivity index (χ2n) is 0.610. The van der Waals surface area contributed by atoms with Crippen LogP contribution in [0.2, 0.25) is 0 Å². The van der Waals surface area contributed by atoms with Crippen LogP contribution in [0.5, 0.6) is 0 Å². The lowest BCUT2D eigenvalue weighted by Crippen LogP contribution is -2.09. The lowest BCUT2D eigenvalue weighted by atomic mass is 10.7. The van der Waals surface area contributed by atoms with Crippen molar-refractivity contribution in [1.29, 1.82) is 0 Å². The molecule has 0 amide bonds. The van der Waals surface area contributed by atoms with E-state index in [0.717, 1.165) is 0 Å². The van der Waals surface area contributed by atoms with Crippen LogP contribution in [-0.2, 0) is 9.59 Å². The van der Waals surface area contributed by atoms with Gasteiger partial charge in [-0.15, -0.1) is 0 Å². The molecule has 0 aromatic heterocycles. The molecule has 0 aliphatic rings. The molecule has 2 N–H and O–H groups in total. The van der Waals surface area contributed by atoms with Crippen molar-refractivity contribution < 1.29 is 19.8 Å². The first kappa shape index (κ1) is 15.6. The predicted molar refractivity (Wildman–Crippen MR) is 36.0 cm³/mol. The monoisotopic (exact) mass is 158 g/mol. The molecule has 0 aromatic carbocycles. The van der Waals surface area contributed by atoms with E-state index in [4.69, 9.17) is 19.8 Å². The molecule has 0 aliphatic heterocycles. The number of hydrogen-bond acceptors (Lipinski definition) is 2.